The molecule has 0 N–H and O–H groups in total. The van der Waals surface area contributed by atoms with E-state index in [0.29, 0.717) is 0 Å². The summed E-state index contributed by atoms with van der Waals surface area (Å²) in [4.78, 5) is 13.7. The van der Waals surface area contributed by atoms with E-state index in [1.807, 2.05) is 0 Å². The lowest BCUT2D eigenvalue weighted by molar-refractivity contribution is 0.0695. The Morgan fingerprint density at radius 2 is 1.65 bits per heavy atom. The minimum Gasteiger partial charge on any atom is -0.336 e. The second kappa shape index (κ2) is 6.68. The normalized spacial score (nSPS) is 16.9. The Balaban J connectivity index is 2.12. The first-order valence-electron chi connectivity index (χ1n) is 6.76. The third-order valence-electron chi connectivity index (χ3n) is 3.55. The average molecular weight is 368 g/mol. The lowest BCUT2D eigenvalue weighted by Crippen LogP contribution is -2.53. The van der Waals surface area contributed by atoms with Gasteiger partial charge in [-0.05, 0) is 12.1 Å². The van der Waals surface area contributed by atoms with Crippen LogP contribution in [0.5, 0.6) is 0 Å². The van der Waals surface area contributed by atoms with Crippen molar-refractivity contribution in [1.29, 1.82) is 0 Å². The second-order valence-electron chi connectivity index (χ2n) is 5.23. The van der Waals surface area contributed by atoms with Crippen molar-refractivity contribution in [2.75, 3.05) is 40.3 Å². The van der Waals surface area contributed by atoms with E-state index in [1.54, 1.807) is 0 Å². The third kappa shape index (κ3) is 3.63. The summed E-state index contributed by atoms with van der Waals surface area (Å²) in [6.07, 6.45) is 0. The van der Waals surface area contributed by atoms with Crippen molar-refractivity contribution < 1.29 is 22.0 Å². The van der Waals surface area contributed by atoms with E-state index in [9.17, 15) is 22.0 Å². The van der Waals surface area contributed by atoms with Gasteiger partial charge in [-0.2, -0.15) is 17.0 Å². The molecule has 1 heterocycles. The molecule has 1 fully saturated rings. The van der Waals surface area contributed by atoms with E-state index >= 15 is 0 Å². The van der Waals surface area contributed by atoms with Crippen molar-refractivity contribution in [1.82, 2.24) is 13.5 Å². The van der Waals surface area contributed by atoms with Gasteiger partial charge in [0.25, 0.3) is 16.1 Å². The number of carbonyl (C=O) groups excluding carboxylic acids is 1. The molecule has 1 aliphatic rings. The summed E-state index contributed by atoms with van der Waals surface area (Å²) in [6, 6.07) is 1.50. The first-order valence-corrected chi connectivity index (χ1v) is 8.53. The van der Waals surface area contributed by atoms with Crippen LogP contribution in [-0.2, 0) is 10.2 Å². The first kappa shape index (κ1) is 18.1. The number of nitrogens with zero attached hydrogens (tertiary/aromatic N) is 3. The summed E-state index contributed by atoms with van der Waals surface area (Å²) in [7, 11) is -0.692. The monoisotopic (exact) mass is 367 g/mol. The van der Waals surface area contributed by atoms with Crippen LogP contribution in [0.3, 0.4) is 0 Å². The minimum absolute atomic E-state index is 0.119. The zero-order valence-corrected chi connectivity index (χ0v) is 14.2. The number of piperazine rings is 1. The molecule has 0 atom stereocenters. The number of halogens is 3. The molecule has 1 saturated heterocycles. The van der Waals surface area contributed by atoms with Gasteiger partial charge in [0.15, 0.2) is 11.6 Å². The van der Waals surface area contributed by atoms with Crippen LogP contribution in [0.2, 0.25) is 5.02 Å². The second-order valence-corrected chi connectivity index (χ2v) is 7.78. The zero-order valence-electron chi connectivity index (χ0n) is 12.6. The lowest BCUT2D eigenvalue weighted by atomic mass is 10.1. The summed E-state index contributed by atoms with van der Waals surface area (Å²) in [5, 5.41) is -0.183. The maximum atomic E-state index is 13.3. The van der Waals surface area contributed by atoms with Gasteiger partial charge in [0, 0.05) is 40.3 Å². The van der Waals surface area contributed by atoms with Crippen LogP contribution in [0.1, 0.15) is 10.4 Å². The highest BCUT2D eigenvalue weighted by atomic mass is 35.5. The number of hydrogen-bond donors (Lipinski definition) is 0. The van der Waals surface area contributed by atoms with Gasteiger partial charge in [0.1, 0.15) is 0 Å². The average Bonchev–Trinajstić information content (AvgIpc) is 2.50. The van der Waals surface area contributed by atoms with Crippen molar-refractivity contribution in [2.45, 2.75) is 0 Å². The molecule has 1 aromatic rings. The van der Waals surface area contributed by atoms with E-state index in [4.69, 9.17) is 11.6 Å². The fraction of sp³-hybridized carbons (Fsp3) is 0.462. The Bertz CT molecular complexity index is 719. The maximum absolute atomic E-state index is 13.3. The number of amides is 1. The SMILES string of the molecule is CN(C)S(=O)(=O)N1CCN(C(=O)c2cc(F)c(F)cc2Cl)CC1. The number of carbonyl (C=O) groups is 1. The van der Waals surface area contributed by atoms with Gasteiger partial charge >= 0.3 is 0 Å². The maximum Gasteiger partial charge on any atom is 0.281 e. The molecule has 0 unspecified atom stereocenters. The third-order valence-corrected chi connectivity index (χ3v) is 5.81. The van der Waals surface area contributed by atoms with Crippen molar-refractivity contribution in [2.24, 2.45) is 0 Å². The fourth-order valence-electron chi connectivity index (χ4n) is 2.21. The predicted octanol–water partition coefficient (Wildman–Crippen LogP) is 1.18. The largest absolute Gasteiger partial charge is 0.336 e. The minimum atomic E-state index is -3.54. The van der Waals surface area contributed by atoms with Crippen LogP contribution in [0.15, 0.2) is 12.1 Å². The van der Waals surface area contributed by atoms with Gasteiger partial charge in [-0.25, -0.2) is 8.78 Å². The molecule has 0 aromatic heterocycles. The number of benzene rings is 1. The van der Waals surface area contributed by atoms with Crippen LogP contribution in [0, 0.1) is 11.6 Å². The Hall–Kier alpha value is -1.29. The molecule has 2 rings (SSSR count). The van der Waals surface area contributed by atoms with Crippen LogP contribution in [0.25, 0.3) is 0 Å². The van der Waals surface area contributed by atoms with Gasteiger partial charge in [-0.3, -0.25) is 4.79 Å². The van der Waals surface area contributed by atoms with E-state index in [1.165, 1.54) is 23.3 Å². The lowest BCUT2D eigenvalue weighted by Gasteiger charge is -2.35. The van der Waals surface area contributed by atoms with Crippen molar-refractivity contribution in [3.63, 3.8) is 0 Å². The Morgan fingerprint density at radius 1 is 1.13 bits per heavy atom. The molecule has 0 saturated carbocycles. The van der Waals surface area contributed by atoms with E-state index < -0.39 is 27.8 Å². The van der Waals surface area contributed by atoms with E-state index in [2.05, 4.69) is 0 Å². The highest BCUT2D eigenvalue weighted by Gasteiger charge is 2.31. The molecular weight excluding hydrogens is 352 g/mol. The van der Waals surface area contributed by atoms with Crippen molar-refractivity contribution in [3.05, 3.63) is 34.4 Å². The summed E-state index contributed by atoms with van der Waals surface area (Å²) in [5.41, 5.74) is -0.144. The molecule has 0 aliphatic carbocycles. The zero-order chi connectivity index (χ0) is 17.4. The molecule has 1 aliphatic heterocycles. The van der Waals surface area contributed by atoms with Crippen LogP contribution < -0.4 is 0 Å². The molecule has 10 heteroatoms. The Labute approximate surface area is 138 Å². The quantitative estimate of drug-likeness (QED) is 0.754. The number of rotatable bonds is 3. The molecular formula is C13H16ClF2N3O3S. The molecule has 1 amide bonds. The Morgan fingerprint density at radius 3 is 2.17 bits per heavy atom. The molecule has 128 valence electrons. The van der Waals surface area contributed by atoms with E-state index in [-0.39, 0.29) is 36.8 Å². The van der Waals surface area contributed by atoms with Gasteiger partial charge < -0.3 is 4.90 Å². The molecule has 0 radical (unpaired) electrons. The predicted molar refractivity (Wildman–Crippen MR) is 81.5 cm³/mol. The molecule has 1 aromatic carbocycles. The highest BCUT2D eigenvalue weighted by Crippen LogP contribution is 2.22. The van der Waals surface area contributed by atoms with Gasteiger partial charge in [-0.15, -0.1) is 0 Å². The van der Waals surface area contributed by atoms with Gasteiger partial charge in [0.05, 0.1) is 10.6 Å². The van der Waals surface area contributed by atoms with Gasteiger partial charge in [0.2, 0.25) is 0 Å². The van der Waals surface area contributed by atoms with Crippen LogP contribution in [-0.4, -0.2) is 68.1 Å². The summed E-state index contributed by atoms with van der Waals surface area (Å²) < 4.78 is 52.7. The summed E-state index contributed by atoms with van der Waals surface area (Å²) >= 11 is 5.79. The first-order chi connectivity index (χ1) is 10.6. The van der Waals surface area contributed by atoms with Crippen LogP contribution >= 0.6 is 11.6 Å². The molecule has 0 spiro atoms. The smallest absolute Gasteiger partial charge is 0.281 e. The molecule has 6 nitrogen and oxygen atoms in total. The summed E-state index contributed by atoms with van der Waals surface area (Å²) in [5.74, 6) is -2.85. The fourth-order valence-corrected chi connectivity index (χ4v) is 3.53. The van der Waals surface area contributed by atoms with Crippen LogP contribution in [0.4, 0.5) is 8.78 Å². The van der Waals surface area contributed by atoms with Crippen molar-refractivity contribution >= 4 is 27.7 Å². The number of hydrogen-bond acceptors (Lipinski definition) is 3. The van der Waals surface area contributed by atoms with Crippen molar-refractivity contribution in [3.8, 4) is 0 Å². The standard InChI is InChI=1S/C13H16ClF2N3O3S/c1-17(2)23(21,22)19-5-3-18(4-6-19)13(20)9-7-11(15)12(16)8-10(9)14/h7-8H,3-6H2,1-2H3. The van der Waals surface area contributed by atoms with Gasteiger partial charge in [-0.1, -0.05) is 11.6 Å². The topological polar surface area (TPSA) is 60.9 Å². The molecule has 23 heavy (non-hydrogen) atoms. The Kier molecular flexibility index (Phi) is 5.24. The molecule has 0 bridgehead atoms. The van der Waals surface area contributed by atoms with E-state index in [0.717, 1.165) is 16.4 Å². The highest BCUT2D eigenvalue weighted by molar-refractivity contribution is 7.86. The summed E-state index contributed by atoms with van der Waals surface area (Å²) in [6.45, 7) is 0.517.